The quantitative estimate of drug-likeness (QED) is 0.648. The molecule has 2 unspecified atom stereocenters. The SMILES string of the molecule is CC(=O)CC(C)N1CCN(C(C)CC=O)CC1. The monoisotopic (exact) mass is 240 g/mol. The summed E-state index contributed by atoms with van der Waals surface area (Å²) in [5.74, 6) is 0.259. The molecule has 2 atom stereocenters. The Morgan fingerprint density at radius 1 is 1.12 bits per heavy atom. The largest absolute Gasteiger partial charge is 0.303 e. The van der Waals surface area contributed by atoms with Crippen molar-refractivity contribution in [1.82, 2.24) is 9.80 Å². The zero-order valence-electron chi connectivity index (χ0n) is 11.2. The number of piperazine rings is 1. The van der Waals surface area contributed by atoms with E-state index in [9.17, 15) is 9.59 Å². The van der Waals surface area contributed by atoms with Gasteiger partial charge < -0.3 is 4.79 Å². The van der Waals surface area contributed by atoms with E-state index in [2.05, 4.69) is 23.6 Å². The van der Waals surface area contributed by atoms with Crippen molar-refractivity contribution < 1.29 is 9.59 Å². The zero-order valence-corrected chi connectivity index (χ0v) is 11.2. The van der Waals surface area contributed by atoms with E-state index >= 15 is 0 Å². The Kier molecular flexibility index (Phi) is 5.78. The van der Waals surface area contributed by atoms with Crippen LogP contribution in [0.2, 0.25) is 0 Å². The average molecular weight is 240 g/mol. The van der Waals surface area contributed by atoms with Gasteiger partial charge in [-0.05, 0) is 20.8 Å². The minimum atomic E-state index is 0.259. The van der Waals surface area contributed by atoms with Gasteiger partial charge in [0.1, 0.15) is 12.1 Å². The Balaban J connectivity index is 2.34. The lowest BCUT2D eigenvalue weighted by Gasteiger charge is -2.40. The summed E-state index contributed by atoms with van der Waals surface area (Å²) >= 11 is 0. The molecule has 1 aliphatic heterocycles. The van der Waals surface area contributed by atoms with Crippen LogP contribution in [0.1, 0.15) is 33.6 Å². The van der Waals surface area contributed by atoms with Crippen LogP contribution in [0, 0.1) is 0 Å². The van der Waals surface area contributed by atoms with Gasteiger partial charge in [-0.1, -0.05) is 0 Å². The van der Waals surface area contributed by atoms with E-state index in [1.54, 1.807) is 6.92 Å². The van der Waals surface area contributed by atoms with Gasteiger partial charge in [-0.25, -0.2) is 0 Å². The maximum absolute atomic E-state index is 11.1. The molecule has 4 heteroatoms. The number of hydrogen-bond acceptors (Lipinski definition) is 4. The fraction of sp³-hybridized carbons (Fsp3) is 0.846. The van der Waals surface area contributed by atoms with E-state index in [1.807, 2.05) is 0 Å². The zero-order chi connectivity index (χ0) is 12.8. The molecule has 0 saturated carbocycles. The second kappa shape index (κ2) is 6.87. The van der Waals surface area contributed by atoms with Crippen LogP contribution < -0.4 is 0 Å². The van der Waals surface area contributed by atoms with Gasteiger partial charge in [0.2, 0.25) is 0 Å². The van der Waals surface area contributed by atoms with E-state index in [1.165, 1.54) is 0 Å². The second-order valence-corrected chi connectivity index (χ2v) is 5.08. The topological polar surface area (TPSA) is 40.6 Å². The lowest BCUT2D eigenvalue weighted by molar-refractivity contribution is -0.118. The van der Waals surface area contributed by atoms with E-state index in [0.29, 0.717) is 24.9 Å². The molecule has 0 aromatic rings. The third kappa shape index (κ3) is 4.56. The second-order valence-electron chi connectivity index (χ2n) is 5.08. The van der Waals surface area contributed by atoms with Crippen molar-refractivity contribution in [1.29, 1.82) is 0 Å². The summed E-state index contributed by atoms with van der Waals surface area (Å²) in [6.45, 7) is 9.86. The minimum Gasteiger partial charge on any atom is -0.303 e. The van der Waals surface area contributed by atoms with Crippen molar-refractivity contribution in [3.05, 3.63) is 0 Å². The molecule has 17 heavy (non-hydrogen) atoms. The van der Waals surface area contributed by atoms with Gasteiger partial charge in [-0.3, -0.25) is 14.6 Å². The van der Waals surface area contributed by atoms with Gasteiger partial charge >= 0.3 is 0 Å². The fourth-order valence-electron chi connectivity index (χ4n) is 2.45. The summed E-state index contributed by atoms with van der Waals surface area (Å²) in [7, 11) is 0. The van der Waals surface area contributed by atoms with Crippen LogP contribution in [0.4, 0.5) is 0 Å². The number of Topliss-reactive ketones (excluding diaryl/α,β-unsaturated/α-hetero) is 1. The standard InChI is InChI=1S/C13H24N2O2/c1-11(4-9-16)14-5-7-15(8-6-14)12(2)10-13(3)17/h9,11-12H,4-8,10H2,1-3H3. The number of carbonyl (C=O) groups excluding carboxylic acids is 2. The van der Waals surface area contributed by atoms with Gasteiger partial charge in [0.15, 0.2) is 0 Å². The summed E-state index contributed by atoms with van der Waals surface area (Å²) < 4.78 is 0. The molecule has 1 saturated heterocycles. The third-order valence-corrected chi connectivity index (χ3v) is 3.62. The highest BCUT2D eigenvalue weighted by atomic mass is 16.1. The van der Waals surface area contributed by atoms with Crippen molar-refractivity contribution in [2.45, 2.75) is 45.7 Å². The van der Waals surface area contributed by atoms with E-state index in [0.717, 1.165) is 32.5 Å². The Hall–Kier alpha value is -0.740. The molecule has 0 spiro atoms. The predicted octanol–water partition coefficient (Wildman–Crippen LogP) is 0.949. The Morgan fingerprint density at radius 2 is 1.59 bits per heavy atom. The van der Waals surface area contributed by atoms with Crippen LogP contribution in [0.25, 0.3) is 0 Å². The van der Waals surface area contributed by atoms with E-state index in [-0.39, 0.29) is 5.78 Å². The van der Waals surface area contributed by atoms with Crippen molar-refractivity contribution >= 4 is 12.1 Å². The molecule has 1 heterocycles. The summed E-state index contributed by atoms with van der Waals surface area (Å²) in [6, 6.07) is 0.689. The molecule has 1 fully saturated rings. The molecule has 0 N–H and O–H groups in total. The minimum absolute atomic E-state index is 0.259. The maximum Gasteiger partial charge on any atom is 0.131 e. The Morgan fingerprint density at radius 3 is 2.00 bits per heavy atom. The highest BCUT2D eigenvalue weighted by Crippen LogP contribution is 2.12. The van der Waals surface area contributed by atoms with Crippen LogP contribution in [0.5, 0.6) is 0 Å². The number of nitrogens with zero attached hydrogens (tertiary/aromatic N) is 2. The molecule has 0 aromatic carbocycles. The van der Waals surface area contributed by atoms with Crippen molar-refractivity contribution in [2.75, 3.05) is 26.2 Å². The molecule has 0 bridgehead atoms. The lowest BCUT2D eigenvalue weighted by Crippen LogP contribution is -2.52. The van der Waals surface area contributed by atoms with Gasteiger partial charge in [0.25, 0.3) is 0 Å². The third-order valence-electron chi connectivity index (χ3n) is 3.62. The first-order valence-electron chi connectivity index (χ1n) is 6.45. The average Bonchev–Trinajstić information content (AvgIpc) is 2.28. The van der Waals surface area contributed by atoms with Crippen LogP contribution in [0.3, 0.4) is 0 Å². The van der Waals surface area contributed by atoms with Crippen LogP contribution in [-0.4, -0.2) is 60.1 Å². The number of aldehydes is 1. The molecule has 1 aliphatic rings. The highest BCUT2D eigenvalue weighted by Gasteiger charge is 2.24. The summed E-state index contributed by atoms with van der Waals surface area (Å²) in [4.78, 5) is 26.3. The molecule has 4 nitrogen and oxygen atoms in total. The van der Waals surface area contributed by atoms with Crippen molar-refractivity contribution in [2.24, 2.45) is 0 Å². The summed E-state index contributed by atoms with van der Waals surface area (Å²) in [6.07, 6.45) is 2.25. The number of carbonyl (C=O) groups is 2. The van der Waals surface area contributed by atoms with E-state index in [4.69, 9.17) is 0 Å². The molecular weight excluding hydrogens is 216 g/mol. The van der Waals surface area contributed by atoms with Crippen LogP contribution in [-0.2, 0) is 9.59 Å². The number of ketones is 1. The molecule has 0 aromatic heterocycles. The fourth-order valence-corrected chi connectivity index (χ4v) is 2.45. The molecule has 0 amide bonds. The van der Waals surface area contributed by atoms with E-state index < -0.39 is 0 Å². The first kappa shape index (κ1) is 14.3. The van der Waals surface area contributed by atoms with Crippen molar-refractivity contribution in [3.63, 3.8) is 0 Å². The predicted molar refractivity (Wildman–Crippen MR) is 68.0 cm³/mol. The van der Waals surface area contributed by atoms with Gasteiger partial charge in [-0.15, -0.1) is 0 Å². The summed E-state index contributed by atoms with van der Waals surface area (Å²) in [5.41, 5.74) is 0. The maximum atomic E-state index is 11.1. The molecule has 98 valence electrons. The van der Waals surface area contributed by atoms with Crippen LogP contribution >= 0.6 is 0 Å². The van der Waals surface area contributed by atoms with Gasteiger partial charge in [0, 0.05) is 51.1 Å². The lowest BCUT2D eigenvalue weighted by atomic mass is 10.1. The molecular formula is C13H24N2O2. The molecule has 1 rings (SSSR count). The first-order chi connectivity index (χ1) is 8.04. The number of rotatable bonds is 6. The normalized spacial score (nSPS) is 22.1. The van der Waals surface area contributed by atoms with Crippen molar-refractivity contribution in [3.8, 4) is 0 Å². The summed E-state index contributed by atoms with van der Waals surface area (Å²) in [5, 5.41) is 0. The van der Waals surface area contributed by atoms with Gasteiger partial charge in [-0.2, -0.15) is 0 Å². The first-order valence-corrected chi connectivity index (χ1v) is 6.45. The highest BCUT2D eigenvalue weighted by molar-refractivity contribution is 5.76. The van der Waals surface area contributed by atoms with Crippen LogP contribution in [0.15, 0.2) is 0 Å². The smallest absolute Gasteiger partial charge is 0.131 e. The Labute approximate surface area is 104 Å². The molecule has 0 radical (unpaired) electrons. The number of hydrogen-bond donors (Lipinski definition) is 0. The van der Waals surface area contributed by atoms with Gasteiger partial charge in [0.05, 0.1) is 0 Å². The molecule has 0 aliphatic carbocycles. The Bertz CT molecular complexity index is 260.